The minimum absolute atomic E-state index is 0.152. The Morgan fingerprint density at radius 3 is 2.67 bits per heavy atom. The molecule has 1 unspecified atom stereocenters. The fourth-order valence-corrected chi connectivity index (χ4v) is 2.41. The number of hydrogen-bond acceptors (Lipinski definition) is 2. The van der Waals surface area contributed by atoms with E-state index in [1.165, 1.54) is 6.07 Å². The molecule has 2 rings (SSSR count). The molecule has 3 nitrogen and oxygen atoms in total. The second kappa shape index (κ2) is 6.72. The zero-order valence-electron chi connectivity index (χ0n) is 11.8. The van der Waals surface area contributed by atoms with Crippen molar-refractivity contribution in [2.75, 3.05) is 12.4 Å². The molecule has 0 bridgehead atoms. The average molecular weight is 351 g/mol. The van der Waals surface area contributed by atoms with Crippen LogP contribution in [0.4, 0.5) is 10.1 Å². The first kappa shape index (κ1) is 15.5. The summed E-state index contributed by atoms with van der Waals surface area (Å²) in [6.07, 6.45) is 0. The van der Waals surface area contributed by atoms with Gasteiger partial charge in [-0.25, -0.2) is 4.39 Å². The molecule has 0 saturated heterocycles. The van der Waals surface area contributed by atoms with E-state index in [1.807, 2.05) is 13.0 Å². The Bertz CT molecular complexity index is 660. The molecular formula is C16H16BrFN2O. The first-order valence-corrected chi connectivity index (χ1v) is 7.34. The topological polar surface area (TPSA) is 41.1 Å². The number of rotatable bonds is 4. The molecule has 2 aromatic carbocycles. The lowest BCUT2D eigenvalue weighted by Crippen LogP contribution is -2.18. The number of anilines is 1. The van der Waals surface area contributed by atoms with E-state index in [2.05, 4.69) is 26.6 Å². The summed E-state index contributed by atoms with van der Waals surface area (Å²) in [5.41, 5.74) is 1.90. The van der Waals surface area contributed by atoms with Gasteiger partial charge in [-0.15, -0.1) is 0 Å². The second-order valence-electron chi connectivity index (χ2n) is 4.69. The van der Waals surface area contributed by atoms with Gasteiger partial charge in [-0.3, -0.25) is 4.79 Å². The molecule has 1 atom stereocenters. The summed E-state index contributed by atoms with van der Waals surface area (Å²) >= 11 is 3.24. The van der Waals surface area contributed by atoms with E-state index in [0.717, 1.165) is 5.69 Å². The first-order valence-electron chi connectivity index (χ1n) is 6.55. The van der Waals surface area contributed by atoms with Crippen LogP contribution < -0.4 is 10.6 Å². The molecule has 0 aliphatic rings. The van der Waals surface area contributed by atoms with Gasteiger partial charge in [0, 0.05) is 28.3 Å². The van der Waals surface area contributed by atoms with Crippen LogP contribution in [-0.2, 0) is 0 Å². The standard InChI is InChI=1S/C16H16BrFN2O/c1-10(14-7-6-12(17)9-15(14)18)20-13-5-3-4-11(8-13)16(21)19-2/h3-10,20H,1-2H3,(H,19,21). The summed E-state index contributed by atoms with van der Waals surface area (Å²) in [6, 6.07) is 11.9. The number of nitrogens with one attached hydrogen (secondary N) is 2. The molecule has 110 valence electrons. The normalized spacial score (nSPS) is 11.8. The van der Waals surface area contributed by atoms with E-state index in [0.29, 0.717) is 15.6 Å². The lowest BCUT2D eigenvalue weighted by atomic mass is 10.1. The van der Waals surface area contributed by atoms with Crippen molar-refractivity contribution in [1.82, 2.24) is 5.32 Å². The molecule has 0 aromatic heterocycles. The number of halogens is 2. The predicted octanol–water partition coefficient (Wildman–Crippen LogP) is 4.12. The van der Waals surface area contributed by atoms with Gasteiger partial charge >= 0.3 is 0 Å². The lowest BCUT2D eigenvalue weighted by Gasteiger charge is -2.17. The van der Waals surface area contributed by atoms with Crippen molar-refractivity contribution in [1.29, 1.82) is 0 Å². The number of benzene rings is 2. The highest BCUT2D eigenvalue weighted by atomic mass is 79.9. The number of carbonyl (C=O) groups is 1. The molecule has 0 heterocycles. The third-order valence-electron chi connectivity index (χ3n) is 3.16. The maximum absolute atomic E-state index is 13.9. The zero-order valence-corrected chi connectivity index (χ0v) is 13.4. The Morgan fingerprint density at radius 2 is 2.00 bits per heavy atom. The molecule has 0 aliphatic carbocycles. The summed E-state index contributed by atoms with van der Waals surface area (Å²) in [5, 5.41) is 5.78. The van der Waals surface area contributed by atoms with Gasteiger partial charge in [-0.2, -0.15) is 0 Å². The van der Waals surface area contributed by atoms with Crippen molar-refractivity contribution >= 4 is 27.5 Å². The largest absolute Gasteiger partial charge is 0.378 e. The maximum Gasteiger partial charge on any atom is 0.251 e. The molecule has 1 amide bonds. The quantitative estimate of drug-likeness (QED) is 0.870. The number of carbonyl (C=O) groups excluding carboxylic acids is 1. The monoisotopic (exact) mass is 350 g/mol. The lowest BCUT2D eigenvalue weighted by molar-refractivity contribution is 0.0963. The molecule has 0 fully saturated rings. The van der Waals surface area contributed by atoms with Crippen LogP contribution in [0.25, 0.3) is 0 Å². The van der Waals surface area contributed by atoms with Gasteiger partial charge in [-0.05, 0) is 37.3 Å². The highest BCUT2D eigenvalue weighted by molar-refractivity contribution is 9.10. The van der Waals surface area contributed by atoms with Crippen LogP contribution in [0, 0.1) is 5.82 Å². The molecule has 0 saturated carbocycles. The van der Waals surface area contributed by atoms with Crippen molar-refractivity contribution in [3.63, 3.8) is 0 Å². The Morgan fingerprint density at radius 1 is 1.24 bits per heavy atom. The van der Waals surface area contributed by atoms with Crippen LogP contribution in [0.15, 0.2) is 46.9 Å². The van der Waals surface area contributed by atoms with Gasteiger partial charge in [0.2, 0.25) is 0 Å². The maximum atomic E-state index is 13.9. The number of amides is 1. The van der Waals surface area contributed by atoms with Gasteiger partial charge in [0.05, 0.1) is 6.04 Å². The van der Waals surface area contributed by atoms with E-state index in [1.54, 1.807) is 37.4 Å². The van der Waals surface area contributed by atoms with E-state index in [9.17, 15) is 9.18 Å². The third-order valence-corrected chi connectivity index (χ3v) is 3.66. The van der Waals surface area contributed by atoms with Gasteiger partial charge in [0.1, 0.15) is 5.82 Å². The van der Waals surface area contributed by atoms with E-state index in [4.69, 9.17) is 0 Å². The fourth-order valence-electron chi connectivity index (χ4n) is 2.07. The Balaban J connectivity index is 2.19. The van der Waals surface area contributed by atoms with Crippen LogP contribution in [0.3, 0.4) is 0 Å². The highest BCUT2D eigenvalue weighted by Gasteiger charge is 2.12. The van der Waals surface area contributed by atoms with Crippen molar-refractivity contribution in [2.45, 2.75) is 13.0 Å². The van der Waals surface area contributed by atoms with Gasteiger partial charge in [0.15, 0.2) is 0 Å². The summed E-state index contributed by atoms with van der Waals surface area (Å²) in [6.45, 7) is 1.87. The zero-order chi connectivity index (χ0) is 15.4. The van der Waals surface area contributed by atoms with Gasteiger partial charge in [0.25, 0.3) is 5.91 Å². The van der Waals surface area contributed by atoms with Crippen molar-refractivity contribution in [3.05, 3.63) is 63.9 Å². The minimum atomic E-state index is -0.271. The van der Waals surface area contributed by atoms with Crippen LogP contribution >= 0.6 is 15.9 Å². The van der Waals surface area contributed by atoms with Crippen molar-refractivity contribution < 1.29 is 9.18 Å². The predicted molar refractivity (Wildman–Crippen MR) is 86.0 cm³/mol. The van der Waals surface area contributed by atoms with Crippen LogP contribution in [0.5, 0.6) is 0 Å². The van der Waals surface area contributed by atoms with Gasteiger partial charge < -0.3 is 10.6 Å². The fraction of sp³-hybridized carbons (Fsp3) is 0.188. The van der Waals surface area contributed by atoms with Crippen molar-refractivity contribution in [3.8, 4) is 0 Å². The Kier molecular flexibility index (Phi) is 4.96. The van der Waals surface area contributed by atoms with Gasteiger partial charge in [-0.1, -0.05) is 28.1 Å². The van der Waals surface area contributed by atoms with E-state index in [-0.39, 0.29) is 17.8 Å². The third kappa shape index (κ3) is 3.82. The smallest absolute Gasteiger partial charge is 0.251 e. The molecule has 2 N–H and O–H groups in total. The van der Waals surface area contributed by atoms with Crippen LogP contribution in [-0.4, -0.2) is 13.0 Å². The Labute approximate surface area is 131 Å². The molecule has 0 aliphatic heterocycles. The Hall–Kier alpha value is -1.88. The summed E-state index contributed by atoms with van der Waals surface area (Å²) < 4.78 is 14.6. The SMILES string of the molecule is CNC(=O)c1cccc(NC(C)c2ccc(Br)cc2F)c1. The van der Waals surface area contributed by atoms with E-state index < -0.39 is 0 Å². The van der Waals surface area contributed by atoms with Crippen LogP contribution in [0.2, 0.25) is 0 Å². The molecule has 5 heteroatoms. The van der Waals surface area contributed by atoms with Crippen LogP contribution in [0.1, 0.15) is 28.9 Å². The summed E-state index contributed by atoms with van der Waals surface area (Å²) in [5.74, 6) is -0.423. The average Bonchev–Trinajstić information content (AvgIpc) is 2.46. The first-order chi connectivity index (χ1) is 10.0. The second-order valence-corrected chi connectivity index (χ2v) is 5.61. The molecule has 2 aromatic rings. The summed E-state index contributed by atoms with van der Waals surface area (Å²) in [4.78, 5) is 11.6. The minimum Gasteiger partial charge on any atom is -0.378 e. The molecular weight excluding hydrogens is 335 g/mol. The molecule has 0 radical (unpaired) electrons. The van der Waals surface area contributed by atoms with E-state index >= 15 is 0 Å². The van der Waals surface area contributed by atoms with Crippen molar-refractivity contribution in [2.24, 2.45) is 0 Å². The summed E-state index contributed by atoms with van der Waals surface area (Å²) in [7, 11) is 1.59. The molecule has 21 heavy (non-hydrogen) atoms. The molecule has 0 spiro atoms. The number of hydrogen-bond donors (Lipinski definition) is 2. The highest BCUT2D eigenvalue weighted by Crippen LogP contribution is 2.24.